The maximum absolute atomic E-state index is 6.01. The molecule has 1 aliphatic carbocycles. The number of nitrogens with one attached hydrogen (secondary N) is 2. The molecule has 150 valence electrons. The summed E-state index contributed by atoms with van der Waals surface area (Å²) in [5.74, 6) is 1.98. The molecule has 0 saturated heterocycles. The highest BCUT2D eigenvalue weighted by atomic mass is 127. The van der Waals surface area contributed by atoms with Gasteiger partial charge in [0.25, 0.3) is 0 Å². The lowest BCUT2D eigenvalue weighted by Crippen LogP contribution is -2.63. The predicted molar refractivity (Wildman–Crippen MR) is 116 cm³/mol. The Bertz CT molecular complexity index is 572. The zero-order chi connectivity index (χ0) is 18.4. The number of hydrogen-bond acceptors (Lipinski definition) is 4. The van der Waals surface area contributed by atoms with Crippen LogP contribution in [0.3, 0.4) is 0 Å². The highest BCUT2D eigenvalue weighted by Gasteiger charge is 2.49. The van der Waals surface area contributed by atoms with Gasteiger partial charge in [-0.3, -0.25) is 4.99 Å². The summed E-state index contributed by atoms with van der Waals surface area (Å²) in [7, 11) is 1.79. The summed E-state index contributed by atoms with van der Waals surface area (Å²) in [6, 6.07) is 2.35. The van der Waals surface area contributed by atoms with Crippen LogP contribution in [0.15, 0.2) is 15.6 Å². The van der Waals surface area contributed by atoms with Crippen LogP contribution in [0.4, 0.5) is 0 Å². The highest BCUT2D eigenvalue weighted by Crippen LogP contribution is 2.42. The number of aliphatic imine (C=N–C) groups is 1. The molecule has 1 aromatic rings. The Morgan fingerprint density at radius 1 is 1.46 bits per heavy atom. The second-order valence-electron chi connectivity index (χ2n) is 7.77. The molecule has 1 saturated carbocycles. The fourth-order valence-corrected chi connectivity index (χ4v) is 3.00. The van der Waals surface area contributed by atoms with Gasteiger partial charge in [0.1, 0.15) is 0 Å². The van der Waals surface area contributed by atoms with Gasteiger partial charge in [0.05, 0.1) is 18.3 Å². The first-order chi connectivity index (χ1) is 11.9. The summed E-state index contributed by atoms with van der Waals surface area (Å²) in [4.78, 5) is 4.32. The minimum Gasteiger partial charge on any atom is -0.378 e. The average molecular weight is 478 g/mol. The quantitative estimate of drug-likeness (QED) is 0.255. The zero-order valence-corrected chi connectivity index (χ0v) is 19.3. The summed E-state index contributed by atoms with van der Waals surface area (Å²) in [5.41, 5.74) is 1.08. The fraction of sp³-hybridized carbons (Fsp3) is 0.789. The molecule has 0 amide bonds. The number of halogens is 1. The minimum absolute atomic E-state index is 0. The van der Waals surface area contributed by atoms with Crippen LogP contribution in [0.1, 0.15) is 71.3 Å². The Morgan fingerprint density at radius 3 is 2.73 bits per heavy atom. The van der Waals surface area contributed by atoms with E-state index in [9.17, 15) is 0 Å². The van der Waals surface area contributed by atoms with E-state index >= 15 is 0 Å². The first-order valence-corrected chi connectivity index (χ1v) is 9.42. The lowest BCUT2D eigenvalue weighted by Gasteiger charge is -2.52. The van der Waals surface area contributed by atoms with Gasteiger partial charge in [-0.05, 0) is 18.8 Å². The van der Waals surface area contributed by atoms with E-state index in [0.29, 0.717) is 24.6 Å². The van der Waals surface area contributed by atoms with Crippen molar-refractivity contribution in [1.29, 1.82) is 0 Å². The third kappa shape index (κ3) is 5.84. The minimum atomic E-state index is 0. The molecule has 1 heterocycles. The van der Waals surface area contributed by atoms with Crippen LogP contribution in [0.2, 0.25) is 0 Å². The summed E-state index contributed by atoms with van der Waals surface area (Å²) in [6.07, 6.45) is 3.63. The SMILES string of the molecule is CCCCOC1CC(NC(=NC)NCc2cc(C(C)C)no2)C1(C)C.I. The molecule has 2 rings (SSSR count). The van der Waals surface area contributed by atoms with E-state index in [1.807, 2.05) is 6.07 Å². The van der Waals surface area contributed by atoms with E-state index in [0.717, 1.165) is 36.9 Å². The van der Waals surface area contributed by atoms with Crippen molar-refractivity contribution in [2.75, 3.05) is 13.7 Å². The molecule has 2 N–H and O–H groups in total. The van der Waals surface area contributed by atoms with Crippen molar-refractivity contribution < 1.29 is 9.26 Å². The Labute approximate surface area is 174 Å². The molecule has 26 heavy (non-hydrogen) atoms. The number of rotatable bonds is 8. The molecule has 2 unspecified atom stereocenters. The Hall–Kier alpha value is -0.830. The largest absolute Gasteiger partial charge is 0.378 e. The van der Waals surface area contributed by atoms with Gasteiger partial charge in [0, 0.05) is 31.2 Å². The standard InChI is InChI=1S/C19H34N4O2.HI/c1-7-8-9-24-17-11-16(19(17,4)5)22-18(20-6)21-12-14-10-15(13(2)3)23-25-14;/h10,13,16-17H,7-9,11-12H2,1-6H3,(H2,20,21,22);1H. The first-order valence-electron chi connectivity index (χ1n) is 9.42. The van der Waals surface area contributed by atoms with Gasteiger partial charge in [0.2, 0.25) is 0 Å². The number of aromatic nitrogens is 1. The zero-order valence-electron chi connectivity index (χ0n) is 17.0. The van der Waals surface area contributed by atoms with Crippen LogP contribution < -0.4 is 10.6 Å². The van der Waals surface area contributed by atoms with E-state index in [1.54, 1.807) is 7.05 Å². The number of ether oxygens (including phenoxy) is 1. The van der Waals surface area contributed by atoms with Gasteiger partial charge < -0.3 is 19.9 Å². The van der Waals surface area contributed by atoms with Crippen LogP contribution in [-0.4, -0.2) is 36.9 Å². The third-order valence-corrected chi connectivity index (χ3v) is 5.13. The van der Waals surface area contributed by atoms with E-state index < -0.39 is 0 Å². The monoisotopic (exact) mass is 478 g/mol. The summed E-state index contributed by atoms with van der Waals surface area (Å²) < 4.78 is 11.4. The maximum Gasteiger partial charge on any atom is 0.191 e. The lowest BCUT2D eigenvalue weighted by molar-refractivity contribution is -0.113. The molecule has 0 aromatic carbocycles. The average Bonchev–Trinajstić information content (AvgIpc) is 3.05. The number of unbranched alkanes of at least 4 members (excludes halogenated alkanes) is 1. The normalized spacial score (nSPS) is 21.9. The predicted octanol–water partition coefficient (Wildman–Crippen LogP) is 4.06. The summed E-state index contributed by atoms with van der Waals surface area (Å²) >= 11 is 0. The van der Waals surface area contributed by atoms with Crippen LogP contribution in [-0.2, 0) is 11.3 Å². The smallest absolute Gasteiger partial charge is 0.191 e. The number of guanidine groups is 1. The molecular weight excluding hydrogens is 443 g/mol. The number of hydrogen-bond donors (Lipinski definition) is 2. The highest BCUT2D eigenvalue weighted by molar-refractivity contribution is 14.0. The van der Waals surface area contributed by atoms with E-state index in [-0.39, 0.29) is 29.4 Å². The maximum atomic E-state index is 6.01. The van der Waals surface area contributed by atoms with Gasteiger partial charge in [-0.2, -0.15) is 0 Å². The van der Waals surface area contributed by atoms with Gasteiger partial charge >= 0.3 is 0 Å². The molecule has 6 nitrogen and oxygen atoms in total. The Balaban J connectivity index is 0.00000338. The van der Waals surface area contributed by atoms with Crippen molar-refractivity contribution in [3.8, 4) is 0 Å². The van der Waals surface area contributed by atoms with Crippen LogP contribution in [0.5, 0.6) is 0 Å². The Morgan fingerprint density at radius 2 is 2.19 bits per heavy atom. The van der Waals surface area contributed by atoms with Crippen molar-refractivity contribution in [2.45, 2.75) is 78.5 Å². The molecular formula is C19H35IN4O2. The molecule has 2 atom stereocenters. The van der Waals surface area contributed by atoms with Crippen LogP contribution in [0, 0.1) is 5.41 Å². The fourth-order valence-electron chi connectivity index (χ4n) is 3.00. The third-order valence-electron chi connectivity index (χ3n) is 5.13. The van der Waals surface area contributed by atoms with Crippen molar-refractivity contribution in [1.82, 2.24) is 15.8 Å². The Kier molecular flexibility index (Phi) is 9.36. The van der Waals surface area contributed by atoms with Crippen molar-refractivity contribution in [2.24, 2.45) is 10.4 Å². The molecule has 1 aliphatic rings. The molecule has 0 aliphatic heterocycles. The van der Waals surface area contributed by atoms with Gasteiger partial charge in [-0.25, -0.2) is 0 Å². The molecule has 1 aromatic heterocycles. The summed E-state index contributed by atoms with van der Waals surface area (Å²) in [6.45, 7) is 12.3. The first kappa shape index (κ1) is 23.2. The van der Waals surface area contributed by atoms with E-state index in [4.69, 9.17) is 9.26 Å². The van der Waals surface area contributed by atoms with Crippen molar-refractivity contribution >= 4 is 29.9 Å². The molecule has 7 heteroatoms. The van der Waals surface area contributed by atoms with E-state index in [1.165, 1.54) is 6.42 Å². The number of nitrogens with zero attached hydrogens (tertiary/aromatic N) is 2. The van der Waals surface area contributed by atoms with Gasteiger partial charge in [-0.15, -0.1) is 24.0 Å². The second-order valence-corrected chi connectivity index (χ2v) is 7.77. The van der Waals surface area contributed by atoms with Crippen molar-refractivity contribution in [3.05, 3.63) is 17.5 Å². The lowest BCUT2D eigenvalue weighted by atomic mass is 9.64. The topological polar surface area (TPSA) is 71.7 Å². The van der Waals surface area contributed by atoms with Gasteiger partial charge in [0.15, 0.2) is 11.7 Å². The van der Waals surface area contributed by atoms with Crippen LogP contribution >= 0.6 is 24.0 Å². The molecule has 0 radical (unpaired) electrons. The van der Waals surface area contributed by atoms with Gasteiger partial charge in [-0.1, -0.05) is 46.2 Å². The molecule has 0 bridgehead atoms. The van der Waals surface area contributed by atoms with Crippen molar-refractivity contribution in [3.63, 3.8) is 0 Å². The summed E-state index contributed by atoms with van der Waals surface area (Å²) in [5, 5.41) is 10.9. The molecule has 0 spiro atoms. The van der Waals surface area contributed by atoms with E-state index in [2.05, 4.69) is 55.4 Å². The van der Waals surface area contributed by atoms with Crippen LogP contribution in [0.25, 0.3) is 0 Å². The second kappa shape index (κ2) is 10.5. The molecule has 1 fully saturated rings.